The molecule has 1 saturated heterocycles. The van der Waals surface area contributed by atoms with Crippen LogP contribution in [0.15, 0.2) is 18.2 Å². The van der Waals surface area contributed by atoms with Gasteiger partial charge in [-0.2, -0.15) is 0 Å². The number of nitrogens with zero attached hydrogens (tertiary/aromatic N) is 1. The zero-order chi connectivity index (χ0) is 18.6. The van der Waals surface area contributed by atoms with Gasteiger partial charge in [-0.1, -0.05) is 12.1 Å². The van der Waals surface area contributed by atoms with Crippen LogP contribution >= 0.6 is 0 Å². The number of aryl methyl sites for hydroxylation is 1. The van der Waals surface area contributed by atoms with Gasteiger partial charge in [0, 0.05) is 17.8 Å². The topological polar surface area (TPSA) is 53.9 Å². The van der Waals surface area contributed by atoms with Gasteiger partial charge in [0.2, 0.25) is 0 Å². The Morgan fingerprint density at radius 3 is 2.44 bits per heavy atom. The fraction of sp³-hybridized carbons (Fsp3) is 0.600. The second-order valence-corrected chi connectivity index (χ2v) is 7.54. The van der Waals surface area contributed by atoms with Crippen LogP contribution in [-0.2, 0) is 9.59 Å². The number of carbonyl (C=O) groups excluding carboxylic acids is 2. The fourth-order valence-corrected chi connectivity index (χ4v) is 3.68. The molecule has 0 spiro atoms. The number of amides is 2. The van der Waals surface area contributed by atoms with E-state index in [1.807, 2.05) is 44.0 Å². The molecule has 25 heavy (non-hydrogen) atoms. The van der Waals surface area contributed by atoms with Crippen LogP contribution in [0.5, 0.6) is 0 Å². The highest BCUT2D eigenvalue weighted by molar-refractivity contribution is 5.92. The molecule has 1 heterocycles. The molecular formula is C20H32N3O2+. The first-order chi connectivity index (χ1) is 11.8. The van der Waals surface area contributed by atoms with Crippen molar-refractivity contribution >= 4 is 17.5 Å². The maximum Gasteiger partial charge on any atom is 0.279 e. The van der Waals surface area contributed by atoms with E-state index in [9.17, 15) is 9.59 Å². The lowest BCUT2D eigenvalue weighted by Crippen LogP contribution is -3.11. The number of quaternary nitrogens is 1. The Morgan fingerprint density at radius 1 is 1.16 bits per heavy atom. The molecule has 1 aliphatic heterocycles. The summed E-state index contributed by atoms with van der Waals surface area (Å²) in [7, 11) is 1.90. The van der Waals surface area contributed by atoms with Crippen molar-refractivity contribution in [2.75, 3.05) is 25.5 Å². The molecule has 138 valence electrons. The lowest BCUT2D eigenvalue weighted by atomic mass is 9.97. The first-order valence-electron chi connectivity index (χ1n) is 9.28. The lowest BCUT2D eigenvalue weighted by Gasteiger charge is -2.39. The molecule has 1 unspecified atom stereocenters. The molecule has 0 radical (unpaired) electrons. The monoisotopic (exact) mass is 346 g/mol. The van der Waals surface area contributed by atoms with Gasteiger partial charge in [0.25, 0.3) is 11.8 Å². The minimum Gasteiger partial charge on any atom is -0.332 e. The standard InChI is InChI=1S/C20H31N3O2/c1-14-8-6-11-18(17(14)4)21-19(24)12-22(5)13-20(25)23-15(2)9-7-10-16(23)3/h6,8,11,15-16H,7,9-10,12-13H2,1-5H3,(H,21,24)/p+1/t15-,16-/m0/s1. The quantitative estimate of drug-likeness (QED) is 0.850. The number of anilines is 1. The van der Waals surface area contributed by atoms with Crippen LogP contribution in [0.2, 0.25) is 0 Å². The number of likely N-dealkylation sites (tertiary alicyclic amines) is 1. The van der Waals surface area contributed by atoms with Gasteiger partial charge in [-0.05, 0) is 64.2 Å². The van der Waals surface area contributed by atoms with E-state index in [1.165, 1.54) is 6.42 Å². The second kappa shape index (κ2) is 8.48. The van der Waals surface area contributed by atoms with Crippen molar-refractivity contribution in [3.63, 3.8) is 0 Å². The predicted octanol–water partition coefficient (Wildman–Crippen LogP) is 1.55. The average Bonchev–Trinajstić information content (AvgIpc) is 2.51. The number of piperidine rings is 1. The molecule has 1 fully saturated rings. The molecule has 1 aliphatic rings. The Bertz CT molecular complexity index is 619. The third kappa shape index (κ3) is 5.05. The van der Waals surface area contributed by atoms with Crippen molar-refractivity contribution in [2.24, 2.45) is 0 Å². The lowest BCUT2D eigenvalue weighted by molar-refractivity contribution is -0.862. The van der Waals surface area contributed by atoms with Gasteiger partial charge >= 0.3 is 0 Å². The maximum atomic E-state index is 12.6. The van der Waals surface area contributed by atoms with E-state index >= 15 is 0 Å². The van der Waals surface area contributed by atoms with Gasteiger partial charge in [-0.15, -0.1) is 0 Å². The van der Waals surface area contributed by atoms with Gasteiger partial charge in [0.05, 0.1) is 7.05 Å². The van der Waals surface area contributed by atoms with Crippen LogP contribution in [0.25, 0.3) is 0 Å². The average molecular weight is 346 g/mol. The van der Waals surface area contributed by atoms with Gasteiger partial charge in [-0.25, -0.2) is 0 Å². The number of likely N-dealkylation sites (N-methyl/N-ethyl adjacent to an activating group) is 1. The third-order valence-electron chi connectivity index (χ3n) is 5.28. The van der Waals surface area contributed by atoms with E-state index in [2.05, 4.69) is 19.2 Å². The van der Waals surface area contributed by atoms with Crippen LogP contribution in [0, 0.1) is 13.8 Å². The van der Waals surface area contributed by atoms with E-state index < -0.39 is 0 Å². The summed E-state index contributed by atoms with van der Waals surface area (Å²) in [6.45, 7) is 8.92. The molecule has 2 N–H and O–H groups in total. The molecule has 0 aliphatic carbocycles. The summed E-state index contributed by atoms with van der Waals surface area (Å²) in [5.74, 6) is 0.0930. The van der Waals surface area contributed by atoms with Gasteiger partial charge in [-0.3, -0.25) is 9.59 Å². The zero-order valence-electron chi connectivity index (χ0n) is 16.2. The fourth-order valence-electron chi connectivity index (χ4n) is 3.68. The van der Waals surface area contributed by atoms with Crippen LogP contribution in [-0.4, -0.2) is 48.9 Å². The Balaban J connectivity index is 1.88. The Hall–Kier alpha value is -1.88. The van der Waals surface area contributed by atoms with E-state index in [1.54, 1.807) is 0 Å². The van der Waals surface area contributed by atoms with Crippen LogP contribution in [0.3, 0.4) is 0 Å². The first-order valence-corrected chi connectivity index (χ1v) is 9.28. The summed E-state index contributed by atoms with van der Waals surface area (Å²) in [5.41, 5.74) is 3.09. The molecular weight excluding hydrogens is 314 g/mol. The van der Waals surface area contributed by atoms with E-state index in [0.29, 0.717) is 18.6 Å². The largest absolute Gasteiger partial charge is 0.332 e. The molecule has 3 atom stereocenters. The number of benzene rings is 1. The van der Waals surface area contributed by atoms with E-state index in [-0.39, 0.29) is 18.4 Å². The summed E-state index contributed by atoms with van der Waals surface area (Å²) >= 11 is 0. The number of carbonyl (C=O) groups is 2. The molecule has 5 nitrogen and oxygen atoms in total. The van der Waals surface area contributed by atoms with Gasteiger partial charge in [0.15, 0.2) is 13.1 Å². The smallest absolute Gasteiger partial charge is 0.279 e. The first kappa shape index (κ1) is 19.4. The minimum absolute atomic E-state index is 0.0567. The summed E-state index contributed by atoms with van der Waals surface area (Å²) < 4.78 is 0. The summed E-state index contributed by atoms with van der Waals surface area (Å²) in [5, 5.41) is 2.97. The minimum atomic E-state index is -0.0567. The molecule has 2 amide bonds. The zero-order valence-corrected chi connectivity index (χ0v) is 16.2. The molecule has 1 aromatic rings. The second-order valence-electron chi connectivity index (χ2n) is 7.54. The number of nitrogens with one attached hydrogen (secondary N) is 2. The predicted molar refractivity (Wildman–Crippen MR) is 101 cm³/mol. The Morgan fingerprint density at radius 2 is 1.80 bits per heavy atom. The summed E-state index contributed by atoms with van der Waals surface area (Å²) in [6.07, 6.45) is 3.33. The van der Waals surface area contributed by atoms with Gasteiger partial charge in [0.1, 0.15) is 0 Å². The maximum absolute atomic E-state index is 12.6. The van der Waals surface area contributed by atoms with Crippen LogP contribution in [0.1, 0.15) is 44.2 Å². The van der Waals surface area contributed by atoms with E-state index in [0.717, 1.165) is 34.6 Å². The molecule has 1 aromatic carbocycles. The summed E-state index contributed by atoms with van der Waals surface area (Å²) in [4.78, 5) is 27.9. The number of hydrogen-bond acceptors (Lipinski definition) is 2. The van der Waals surface area contributed by atoms with Crippen molar-refractivity contribution < 1.29 is 14.5 Å². The number of hydrogen-bond donors (Lipinski definition) is 2. The Kier molecular flexibility index (Phi) is 6.59. The molecule has 0 aromatic heterocycles. The highest BCUT2D eigenvalue weighted by Gasteiger charge is 2.30. The van der Waals surface area contributed by atoms with E-state index in [4.69, 9.17) is 0 Å². The highest BCUT2D eigenvalue weighted by Crippen LogP contribution is 2.22. The molecule has 2 rings (SSSR count). The molecule has 5 heteroatoms. The van der Waals surface area contributed by atoms with Crippen molar-refractivity contribution in [2.45, 2.75) is 59.0 Å². The normalized spacial score (nSPS) is 21.7. The van der Waals surface area contributed by atoms with Crippen LogP contribution < -0.4 is 10.2 Å². The van der Waals surface area contributed by atoms with Crippen molar-refractivity contribution in [1.29, 1.82) is 0 Å². The SMILES string of the molecule is Cc1cccc(NC(=O)C[NH+](C)CC(=O)N2[C@@H](C)CCC[C@@H]2C)c1C. The molecule has 0 saturated carbocycles. The highest BCUT2D eigenvalue weighted by atomic mass is 16.2. The Labute approximate surface area is 151 Å². The van der Waals surface area contributed by atoms with Crippen LogP contribution in [0.4, 0.5) is 5.69 Å². The van der Waals surface area contributed by atoms with Crippen molar-refractivity contribution in [3.05, 3.63) is 29.3 Å². The summed E-state index contributed by atoms with van der Waals surface area (Å²) in [6, 6.07) is 6.48. The number of rotatable bonds is 5. The van der Waals surface area contributed by atoms with Crippen molar-refractivity contribution in [1.82, 2.24) is 4.90 Å². The third-order valence-corrected chi connectivity index (χ3v) is 5.28. The van der Waals surface area contributed by atoms with Gasteiger partial charge < -0.3 is 15.1 Å². The van der Waals surface area contributed by atoms with Crippen molar-refractivity contribution in [3.8, 4) is 0 Å². The molecule has 0 bridgehead atoms.